The summed E-state index contributed by atoms with van der Waals surface area (Å²) < 4.78 is 0. The first-order valence-electron chi connectivity index (χ1n) is 3.99. The molecule has 0 rings (SSSR count). The Hall–Kier alpha value is -0.520. The molecule has 0 N–H and O–H groups in total. The Morgan fingerprint density at radius 3 is 1.80 bits per heavy atom. The molecule has 0 aliphatic carbocycles. The van der Waals surface area contributed by atoms with Gasteiger partial charge < -0.3 is 0 Å². The first-order valence-corrected chi connectivity index (χ1v) is 3.99. The van der Waals surface area contributed by atoms with Crippen LogP contribution < -0.4 is 0 Å². The zero-order valence-electron chi connectivity index (χ0n) is 7.99. The van der Waals surface area contributed by atoms with Crippen LogP contribution in [0.2, 0.25) is 0 Å². The molecule has 0 aliphatic rings. The molecule has 0 heterocycles. The van der Waals surface area contributed by atoms with Crippen LogP contribution in [0.15, 0.2) is 23.8 Å². The van der Waals surface area contributed by atoms with Gasteiger partial charge in [-0.2, -0.15) is 0 Å². The van der Waals surface area contributed by atoms with Gasteiger partial charge in [0.2, 0.25) is 0 Å². The topological polar surface area (TPSA) is 0 Å². The van der Waals surface area contributed by atoms with E-state index >= 15 is 0 Å². The van der Waals surface area contributed by atoms with E-state index in [2.05, 4.69) is 33.4 Å². The molecule has 0 fully saturated rings. The number of allylic oxidation sites excluding steroid dienone is 3. The van der Waals surface area contributed by atoms with Crippen molar-refractivity contribution in [1.29, 1.82) is 0 Å². The van der Waals surface area contributed by atoms with Crippen molar-refractivity contribution in [2.45, 2.75) is 41.0 Å². The van der Waals surface area contributed by atoms with Crippen molar-refractivity contribution in [2.24, 2.45) is 0 Å². The molecule has 0 unspecified atom stereocenters. The van der Waals surface area contributed by atoms with Crippen LogP contribution in [0.4, 0.5) is 0 Å². The predicted molar refractivity (Wildman–Crippen MR) is 50.2 cm³/mol. The van der Waals surface area contributed by atoms with E-state index in [4.69, 9.17) is 0 Å². The molecule has 0 aromatic rings. The molecule has 0 amide bonds. The van der Waals surface area contributed by atoms with Crippen molar-refractivity contribution in [3.8, 4) is 0 Å². The minimum Gasteiger partial charge on any atom is -0.0958 e. The molecule has 0 spiro atoms. The molecule has 0 atom stereocenters. The van der Waals surface area contributed by atoms with E-state index in [1.165, 1.54) is 11.1 Å². The van der Waals surface area contributed by atoms with Crippen molar-refractivity contribution in [3.05, 3.63) is 23.8 Å². The molecule has 0 nitrogen and oxygen atoms in total. The minimum absolute atomic E-state index is 1.06. The van der Waals surface area contributed by atoms with E-state index in [9.17, 15) is 0 Å². The molecule has 0 saturated carbocycles. The summed E-state index contributed by atoms with van der Waals surface area (Å²) in [5, 5.41) is 0. The fourth-order valence-corrected chi connectivity index (χ4v) is 0.510. The third-order valence-electron chi connectivity index (χ3n) is 0.947. The van der Waals surface area contributed by atoms with Crippen molar-refractivity contribution in [1.82, 2.24) is 0 Å². The van der Waals surface area contributed by atoms with Crippen LogP contribution >= 0.6 is 0 Å². The molecule has 0 aliphatic heterocycles. The summed E-state index contributed by atoms with van der Waals surface area (Å²) in [6.45, 7) is 14.1. The maximum atomic E-state index is 3.84. The first kappa shape index (κ1) is 12.2. The van der Waals surface area contributed by atoms with Crippen LogP contribution in [-0.2, 0) is 0 Å². The lowest BCUT2D eigenvalue weighted by Gasteiger charge is -1.91. The Balaban J connectivity index is 0. The van der Waals surface area contributed by atoms with Crippen LogP contribution in [0.25, 0.3) is 0 Å². The SMILES string of the molecule is C=C(C=C(C)C)CC.CC. The van der Waals surface area contributed by atoms with E-state index in [-0.39, 0.29) is 0 Å². The summed E-state index contributed by atoms with van der Waals surface area (Å²) >= 11 is 0. The number of hydrogen-bond donors (Lipinski definition) is 0. The summed E-state index contributed by atoms with van der Waals surface area (Å²) in [5.74, 6) is 0. The average Bonchev–Trinajstić information content (AvgIpc) is 1.91. The molecule has 10 heavy (non-hydrogen) atoms. The van der Waals surface area contributed by atoms with Crippen molar-refractivity contribution in [3.63, 3.8) is 0 Å². The lowest BCUT2D eigenvalue weighted by molar-refractivity contribution is 1.14. The second-order valence-electron chi connectivity index (χ2n) is 2.23. The molecule has 0 heteroatoms. The molecule has 0 bridgehead atoms. The van der Waals surface area contributed by atoms with Gasteiger partial charge in [-0.25, -0.2) is 0 Å². The minimum atomic E-state index is 1.06. The fourth-order valence-electron chi connectivity index (χ4n) is 0.510. The summed E-state index contributed by atoms with van der Waals surface area (Å²) in [6.07, 6.45) is 3.17. The Morgan fingerprint density at radius 1 is 1.30 bits per heavy atom. The van der Waals surface area contributed by atoms with Gasteiger partial charge in [0.15, 0.2) is 0 Å². The van der Waals surface area contributed by atoms with Gasteiger partial charge >= 0.3 is 0 Å². The van der Waals surface area contributed by atoms with Gasteiger partial charge in [-0.15, -0.1) is 0 Å². The molecule has 0 radical (unpaired) electrons. The van der Waals surface area contributed by atoms with Gasteiger partial charge in [0.1, 0.15) is 0 Å². The third kappa shape index (κ3) is 10.5. The maximum absolute atomic E-state index is 3.84. The highest BCUT2D eigenvalue weighted by molar-refractivity contribution is 5.17. The second-order valence-corrected chi connectivity index (χ2v) is 2.23. The van der Waals surface area contributed by atoms with Crippen molar-refractivity contribution in [2.75, 3.05) is 0 Å². The summed E-state index contributed by atoms with van der Waals surface area (Å²) in [4.78, 5) is 0. The van der Waals surface area contributed by atoms with E-state index in [1.807, 2.05) is 13.8 Å². The summed E-state index contributed by atoms with van der Waals surface area (Å²) in [6, 6.07) is 0. The largest absolute Gasteiger partial charge is 0.0958 e. The normalized spacial score (nSPS) is 7.30. The molecule has 60 valence electrons. The van der Waals surface area contributed by atoms with Gasteiger partial charge in [-0.1, -0.05) is 44.6 Å². The monoisotopic (exact) mass is 140 g/mol. The lowest BCUT2D eigenvalue weighted by Crippen LogP contribution is -1.70. The zero-order chi connectivity index (χ0) is 8.57. The number of hydrogen-bond acceptors (Lipinski definition) is 0. The van der Waals surface area contributed by atoms with Crippen LogP contribution in [0.1, 0.15) is 41.0 Å². The average molecular weight is 140 g/mol. The van der Waals surface area contributed by atoms with Crippen LogP contribution in [0, 0.1) is 0 Å². The second kappa shape index (κ2) is 8.48. The molecule has 0 saturated heterocycles. The van der Waals surface area contributed by atoms with Gasteiger partial charge in [0.05, 0.1) is 0 Å². The lowest BCUT2D eigenvalue weighted by atomic mass is 10.2. The van der Waals surface area contributed by atoms with Crippen LogP contribution in [0.3, 0.4) is 0 Å². The Labute approximate surface area is 65.7 Å². The highest BCUT2D eigenvalue weighted by atomic mass is 13.9. The van der Waals surface area contributed by atoms with Crippen molar-refractivity contribution < 1.29 is 0 Å². The first-order chi connectivity index (χ1) is 4.66. The maximum Gasteiger partial charge on any atom is -0.0313 e. The molecule has 0 aromatic heterocycles. The van der Waals surface area contributed by atoms with E-state index in [0.717, 1.165) is 6.42 Å². The Kier molecular flexibility index (Phi) is 10.3. The number of rotatable bonds is 2. The molecular formula is C10H20. The molecule has 0 aromatic carbocycles. The van der Waals surface area contributed by atoms with Gasteiger partial charge in [0, 0.05) is 0 Å². The fraction of sp³-hybridized carbons (Fsp3) is 0.600. The van der Waals surface area contributed by atoms with Crippen molar-refractivity contribution >= 4 is 0 Å². The zero-order valence-corrected chi connectivity index (χ0v) is 7.99. The smallest absolute Gasteiger partial charge is 0.0313 e. The third-order valence-corrected chi connectivity index (χ3v) is 0.947. The van der Waals surface area contributed by atoms with Gasteiger partial charge in [-0.05, 0) is 20.3 Å². The van der Waals surface area contributed by atoms with Gasteiger partial charge in [-0.3, -0.25) is 0 Å². The molecular weight excluding hydrogens is 120 g/mol. The summed E-state index contributed by atoms with van der Waals surface area (Å²) in [5.41, 5.74) is 2.54. The summed E-state index contributed by atoms with van der Waals surface area (Å²) in [7, 11) is 0. The van der Waals surface area contributed by atoms with E-state index < -0.39 is 0 Å². The Morgan fingerprint density at radius 2 is 1.70 bits per heavy atom. The van der Waals surface area contributed by atoms with Gasteiger partial charge in [0.25, 0.3) is 0 Å². The highest BCUT2D eigenvalue weighted by Crippen LogP contribution is 2.01. The van der Waals surface area contributed by atoms with E-state index in [0.29, 0.717) is 0 Å². The highest BCUT2D eigenvalue weighted by Gasteiger charge is 1.80. The quantitative estimate of drug-likeness (QED) is 0.509. The predicted octanol–water partition coefficient (Wildman–Crippen LogP) is 3.95. The standard InChI is InChI=1S/C8H14.C2H6/c1-5-8(4)6-7(2)3;1-2/h6H,4-5H2,1-3H3;1-2H3. The van der Waals surface area contributed by atoms with Crippen LogP contribution in [0.5, 0.6) is 0 Å². The van der Waals surface area contributed by atoms with E-state index in [1.54, 1.807) is 0 Å². The Bertz CT molecular complexity index is 103. The van der Waals surface area contributed by atoms with Crippen LogP contribution in [-0.4, -0.2) is 0 Å².